The zero-order chi connectivity index (χ0) is 36.5. The van der Waals surface area contributed by atoms with Crippen LogP contribution in [0.5, 0.6) is 0 Å². The zero-order valence-corrected chi connectivity index (χ0v) is 30.6. The number of aromatic nitrogens is 4. The maximum Gasteiger partial charge on any atom is 0.164 e. The van der Waals surface area contributed by atoms with Crippen LogP contribution in [0.3, 0.4) is 0 Å². The highest BCUT2D eigenvalue weighted by atomic mass is 15.0. The van der Waals surface area contributed by atoms with Gasteiger partial charge in [-0.15, -0.1) is 0 Å². The van der Waals surface area contributed by atoms with Crippen LogP contribution in [-0.4, -0.2) is 19.5 Å². The van der Waals surface area contributed by atoms with Gasteiger partial charge in [-0.2, -0.15) is 5.26 Å². The number of benzene rings is 6. The highest BCUT2D eigenvalue weighted by molar-refractivity contribution is 6.10. The van der Waals surface area contributed by atoms with E-state index in [1.54, 1.807) is 0 Å². The van der Waals surface area contributed by atoms with Gasteiger partial charge in [0, 0.05) is 33.2 Å². The third kappa shape index (κ3) is 5.39. The molecule has 0 saturated heterocycles. The van der Waals surface area contributed by atoms with Crippen molar-refractivity contribution in [3.8, 4) is 57.0 Å². The summed E-state index contributed by atoms with van der Waals surface area (Å²) in [6.07, 6.45) is 8.46. The highest BCUT2D eigenvalue weighted by Crippen LogP contribution is 2.60. The number of rotatable bonds is 6. The van der Waals surface area contributed by atoms with Gasteiger partial charge in [0.05, 0.1) is 22.7 Å². The van der Waals surface area contributed by atoms with Crippen LogP contribution in [0.1, 0.15) is 49.7 Å². The molecule has 55 heavy (non-hydrogen) atoms. The Balaban J connectivity index is 1.05. The molecule has 0 spiro atoms. The molecule has 5 heteroatoms. The van der Waals surface area contributed by atoms with Crippen molar-refractivity contribution in [3.05, 3.63) is 157 Å². The fourth-order valence-electron chi connectivity index (χ4n) is 10.8. The van der Waals surface area contributed by atoms with Gasteiger partial charge < -0.3 is 4.57 Å². The van der Waals surface area contributed by atoms with E-state index in [0.717, 1.165) is 67.5 Å². The van der Waals surface area contributed by atoms with E-state index in [4.69, 9.17) is 15.0 Å². The first kappa shape index (κ1) is 32.1. The standard InChI is InChI=1S/C50H39N5/c51-31-32-15-21-42-43-22-18-38(27-46(43)55(45(42)26-32)40-11-5-2-6-12-40)48-52-47(37-9-3-1-4-10-37)53-49(54-48)44-14-8-7-13-41(44)36-16-19-39(20-17-36)50-28-33-23-34(29-50)25-35(24-33)30-50/h1-22,26-27,33-35H,23-25,28-30H2. The molecule has 0 unspecified atom stereocenters. The molecule has 5 nitrogen and oxygen atoms in total. The Bertz CT molecular complexity index is 2760. The number of hydrogen-bond donors (Lipinski definition) is 0. The largest absolute Gasteiger partial charge is 0.309 e. The SMILES string of the molecule is N#Cc1ccc2c3ccc(-c4nc(-c5ccccc5)nc(-c5ccccc5-c5ccc(C67CC8CC(CC(C8)C6)C7)cc5)n4)cc3n(-c3ccccc3)c2c1. The molecule has 6 aromatic carbocycles. The molecule has 0 amide bonds. The van der Waals surface area contributed by atoms with Gasteiger partial charge in [-0.05, 0) is 109 Å². The lowest BCUT2D eigenvalue weighted by Gasteiger charge is -2.57. The summed E-state index contributed by atoms with van der Waals surface area (Å²) >= 11 is 0. The third-order valence-corrected chi connectivity index (χ3v) is 12.9. The van der Waals surface area contributed by atoms with Crippen LogP contribution in [0.4, 0.5) is 0 Å². The number of fused-ring (bicyclic) bond motifs is 3. The van der Waals surface area contributed by atoms with Gasteiger partial charge in [-0.1, -0.05) is 115 Å². The van der Waals surface area contributed by atoms with Crippen molar-refractivity contribution in [2.45, 2.75) is 43.9 Å². The Hall–Kier alpha value is -6.38. The smallest absolute Gasteiger partial charge is 0.164 e. The fraction of sp³-hybridized carbons (Fsp3) is 0.200. The average Bonchev–Trinajstić information content (AvgIpc) is 3.56. The molecule has 8 aromatic rings. The summed E-state index contributed by atoms with van der Waals surface area (Å²) in [4.78, 5) is 15.5. The van der Waals surface area contributed by atoms with Crippen molar-refractivity contribution in [2.24, 2.45) is 17.8 Å². The summed E-state index contributed by atoms with van der Waals surface area (Å²) in [5, 5.41) is 12.0. The maximum absolute atomic E-state index is 9.78. The molecule has 264 valence electrons. The Morgan fingerprint density at radius 2 is 1.05 bits per heavy atom. The van der Waals surface area contributed by atoms with Gasteiger partial charge in [0.25, 0.3) is 0 Å². The molecule has 2 heterocycles. The van der Waals surface area contributed by atoms with Gasteiger partial charge in [-0.25, -0.2) is 15.0 Å². The van der Waals surface area contributed by atoms with E-state index in [1.807, 2.05) is 48.5 Å². The Morgan fingerprint density at radius 3 is 1.73 bits per heavy atom. The quantitative estimate of drug-likeness (QED) is 0.172. The number of nitrogens with zero attached hydrogens (tertiary/aromatic N) is 5. The molecule has 4 bridgehead atoms. The van der Waals surface area contributed by atoms with E-state index in [2.05, 4.69) is 108 Å². The lowest BCUT2D eigenvalue weighted by atomic mass is 9.48. The second kappa shape index (κ2) is 12.6. The van der Waals surface area contributed by atoms with Crippen LogP contribution in [-0.2, 0) is 5.41 Å². The van der Waals surface area contributed by atoms with Crippen molar-refractivity contribution in [1.29, 1.82) is 5.26 Å². The first-order valence-corrected chi connectivity index (χ1v) is 19.7. The minimum absolute atomic E-state index is 0.367. The second-order valence-corrected chi connectivity index (χ2v) is 16.2. The average molecular weight is 710 g/mol. The molecule has 0 atom stereocenters. The Morgan fingerprint density at radius 1 is 0.509 bits per heavy atom. The van der Waals surface area contributed by atoms with Crippen LogP contribution < -0.4 is 0 Å². The van der Waals surface area contributed by atoms with Crippen molar-refractivity contribution in [1.82, 2.24) is 19.5 Å². The third-order valence-electron chi connectivity index (χ3n) is 12.9. The molecule has 12 rings (SSSR count). The van der Waals surface area contributed by atoms with Crippen LogP contribution in [0.15, 0.2) is 146 Å². The Labute approximate surface area is 321 Å². The summed E-state index contributed by atoms with van der Waals surface area (Å²) in [6, 6.07) is 53.2. The van der Waals surface area contributed by atoms with Crippen LogP contribution in [0.2, 0.25) is 0 Å². The van der Waals surface area contributed by atoms with Crippen LogP contribution in [0.25, 0.3) is 72.8 Å². The topological polar surface area (TPSA) is 67.4 Å². The molecule has 4 aliphatic carbocycles. The van der Waals surface area contributed by atoms with Crippen molar-refractivity contribution in [3.63, 3.8) is 0 Å². The second-order valence-electron chi connectivity index (χ2n) is 16.2. The minimum Gasteiger partial charge on any atom is -0.309 e. The fourth-order valence-corrected chi connectivity index (χ4v) is 10.8. The summed E-state index contributed by atoms with van der Waals surface area (Å²) in [5.41, 5.74) is 10.7. The van der Waals surface area contributed by atoms with E-state index in [-0.39, 0.29) is 0 Å². The minimum atomic E-state index is 0.367. The maximum atomic E-state index is 9.78. The molecule has 4 fully saturated rings. The zero-order valence-electron chi connectivity index (χ0n) is 30.6. The van der Waals surface area contributed by atoms with Gasteiger partial charge in [0.15, 0.2) is 17.5 Å². The molecule has 4 aliphatic rings. The molecular formula is C50H39N5. The van der Waals surface area contributed by atoms with Gasteiger partial charge in [0.2, 0.25) is 0 Å². The highest BCUT2D eigenvalue weighted by Gasteiger charge is 2.51. The molecule has 0 N–H and O–H groups in total. The lowest BCUT2D eigenvalue weighted by Crippen LogP contribution is -2.48. The summed E-state index contributed by atoms with van der Waals surface area (Å²) < 4.78 is 2.23. The molecule has 2 aromatic heterocycles. The van der Waals surface area contributed by atoms with Crippen molar-refractivity contribution in [2.75, 3.05) is 0 Å². The normalized spacial score (nSPS) is 21.3. The summed E-state index contributed by atoms with van der Waals surface area (Å²) in [7, 11) is 0. The predicted molar refractivity (Wildman–Crippen MR) is 220 cm³/mol. The lowest BCUT2D eigenvalue weighted by molar-refractivity contribution is -0.00518. The van der Waals surface area contributed by atoms with E-state index >= 15 is 0 Å². The molecule has 4 saturated carbocycles. The van der Waals surface area contributed by atoms with Gasteiger partial charge in [0.1, 0.15) is 0 Å². The van der Waals surface area contributed by atoms with E-state index < -0.39 is 0 Å². The Kier molecular flexibility index (Phi) is 7.35. The first-order chi connectivity index (χ1) is 27.1. The summed E-state index contributed by atoms with van der Waals surface area (Å²) in [6.45, 7) is 0. The molecular weight excluding hydrogens is 671 g/mol. The number of para-hydroxylation sites is 1. The van der Waals surface area contributed by atoms with Gasteiger partial charge >= 0.3 is 0 Å². The predicted octanol–water partition coefficient (Wildman–Crippen LogP) is 12.0. The van der Waals surface area contributed by atoms with Gasteiger partial charge in [-0.3, -0.25) is 0 Å². The molecule has 0 radical (unpaired) electrons. The number of hydrogen-bond acceptors (Lipinski definition) is 4. The van der Waals surface area contributed by atoms with E-state index in [9.17, 15) is 5.26 Å². The van der Waals surface area contributed by atoms with E-state index in [1.165, 1.54) is 49.7 Å². The van der Waals surface area contributed by atoms with Crippen LogP contribution in [0, 0.1) is 29.1 Å². The monoisotopic (exact) mass is 709 g/mol. The van der Waals surface area contributed by atoms with Crippen LogP contribution >= 0.6 is 0 Å². The summed E-state index contributed by atoms with van der Waals surface area (Å²) in [5.74, 6) is 4.65. The van der Waals surface area contributed by atoms with Crippen molar-refractivity contribution < 1.29 is 0 Å². The first-order valence-electron chi connectivity index (χ1n) is 19.7. The van der Waals surface area contributed by atoms with E-state index in [0.29, 0.717) is 28.5 Å². The molecule has 0 aliphatic heterocycles. The number of nitriles is 1. The van der Waals surface area contributed by atoms with Crippen molar-refractivity contribution >= 4 is 21.8 Å².